The number of methoxy groups -OCH3 is 4. The molecule has 0 spiro atoms. The Hall–Kier alpha value is -3.68. The van der Waals surface area contributed by atoms with E-state index in [9.17, 15) is 4.79 Å². The molecule has 0 saturated heterocycles. The predicted molar refractivity (Wildman–Crippen MR) is 115 cm³/mol. The van der Waals surface area contributed by atoms with E-state index in [1.807, 2.05) is 18.2 Å². The van der Waals surface area contributed by atoms with Crippen LogP contribution in [0.15, 0.2) is 53.6 Å². The van der Waals surface area contributed by atoms with Crippen molar-refractivity contribution < 1.29 is 18.9 Å². The molecule has 0 amide bonds. The van der Waals surface area contributed by atoms with Crippen LogP contribution in [0, 0.1) is 0 Å². The van der Waals surface area contributed by atoms with Crippen molar-refractivity contribution in [1.29, 1.82) is 0 Å². The van der Waals surface area contributed by atoms with Gasteiger partial charge in [0.05, 0.1) is 34.1 Å². The monoisotopic (exact) mass is 411 g/mol. The van der Waals surface area contributed by atoms with Crippen molar-refractivity contribution in [3.8, 4) is 28.7 Å². The Kier molecular flexibility index (Phi) is 6.79. The first kappa shape index (κ1) is 21.0. The lowest BCUT2D eigenvalue weighted by Gasteiger charge is -2.13. The van der Waals surface area contributed by atoms with Gasteiger partial charge in [-0.25, -0.2) is 4.98 Å². The molecule has 0 aliphatic carbocycles. The Morgan fingerprint density at radius 1 is 0.867 bits per heavy atom. The van der Waals surface area contributed by atoms with Gasteiger partial charge in [-0.1, -0.05) is 6.07 Å². The van der Waals surface area contributed by atoms with Gasteiger partial charge in [0.2, 0.25) is 0 Å². The van der Waals surface area contributed by atoms with E-state index >= 15 is 0 Å². The molecule has 1 aromatic heterocycles. The molecule has 0 unspecified atom stereocenters. The van der Waals surface area contributed by atoms with E-state index in [4.69, 9.17) is 18.9 Å². The molecule has 0 fully saturated rings. The zero-order valence-electron chi connectivity index (χ0n) is 17.5. The molecule has 8 heteroatoms. The number of aromatic nitrogens is 2. The standard InChI is InChI=1S/C22H25N3O5/c1-27-17-7-5-15(13-19(17)29-3)9-10-23-21-22(26)25(12-11-24-21)16-6-8-18(28-2)20(14-16)30-4/h5-8,11-14H,9-10H2,1-4H3,(H,23,24). The van der Waals surface area contributed by atoms with Gasteiger partial charge in [0.25, 0.3) is 5.56 Å². The van der Waals surface area contributed by atoms with Gasteiger partial charge in [0.1, 0.15) is 0 Å². The van der Waals surface area contributed by atoms with Crippen molar-refractivity contribution in [3.05, 3.63) is 64.7 Å². The zero-order chi connectivity index (χ0) is 21.5. The molecule has 3 aromatic rings. The summed E-state index contributed by atoms with van der Waals surface area (Å²) >= 11 is 0. The number of anilines is 1. The Morgan fingerprint density at radius 2 is 1.50 bits per heavy atom. The van der Waals surface area contributed by atoms with Crippen LogP contribution in [-0.2, 0) is 6.42 Å². The lowest BCUT2D eigenvalue weighted by molar-refractivity contribution is 0.354. The number of nitrogens with zero attached hydrogens (tertiary/aromatic N) is 2. The van der Waals surface area contributed by atoms with Gasteiger partial charge in [-0.2, -0.15) is 0 Å². The van der Waals surface area contributed by atoms with E-state index in [2.05, 4.69) is 10.3 Å². The van der Waals surface area contributed by atoms with Crippen LogP contribution in [0.3, 0.4) is 0 Å². The summed E-state index contributed by atoms with van der Waals surface area (Å²) in [5.41, 5.74) is 1.45. The third-order valence-electron chi connectivity index (χ3n) is 4.64. The summed E-state index contributed by atoms with van der Waals surface area (Å²) in [6.45, 7) is 0.535. The van der Waals surface area contributed by atoms with Crippen LogP contribution in [0.5, 0.6) is 23.0 Å². The van der Waals surface area contributed by atoms with Gasteiger partial charge in [0.15, 0.2) is 28.8 Å². The van der Waals surface area contributed by atoms with Crippen LogP contribution >= 0.6 is 0 Å². The highest BCUT2D eigenvalue weighted by Crippen LogP contribution is 2.29. The SMILES string of the molecule is COc1ccc(CCNc2nccn(-c3ccc(OC)c(OC)c3)c2=O)cc1OC. The van der Waals surface area contributed by atoms with E-state index in [0.717, 1.165) is 5.56 Å². The first-order valence-electron chi connectivity index (χ1n) is 9.36. The molecule has 30 heavy (non-hydrogen) atoms. The molecule has 8 nitrogen and oxygen atoms in total. The maximum absolute atomic E-state index is 12.9. The smallest absolute Gasteiger partial charge is 0.297 e. The number of hydrogen-bond acceptors (Lipinski definition) is 7. The maximum Gasteiger partial charge on any atom is 0.297 e. The zero-order valence-corrected chi connectivity index (χ0v) is 17.5. The lowest BCUT2D eigenvalue weighted by atomic mass is 10.1. The van der Waals surface area contributed by atoms with Crippen molar-refractivity contribution in [1.82, 2.24) is 9.55 Å². The van der Waals surface area contributed by atoms with Crippen molar-refractivity contribution in [3.63, 3.8) is 0 Å². The second-order valence-corrected chi connectivity index (χ2v) is 6.36. The van der Waals surface area contributed by atoms with E-state index in [-0.39, 0.29) is 11.4 Å². The molecule has 3 rings (SSSR count). The highest BCUT2D eigenvalue weighted by Gasteiger charge is 2.10. The molecule has 2 aromatic carbocycles. The summed E-state index contributed by atoms with van der Waals surface area (Å²) in [6.07, 6.45) is 3.88. The van der Waals surface area contributed by atoms with E-state index < -0.39 is 0 Å². The Bertz CT molecular complexity index is 1060. The number of ether oxygens (including phenoxy) is 4. The normalized spacial score (nSPS) is 10.4. The molecule has 0 aliphatic rings. The fourth-order valence-corrected chi connectivity index (χ4v) is 3.07. The number of hydrogen-bond donors (Lipinski definition) is 1. The fraction of sp³-hybridized carbons (Fsp3) is 0.273. The van der Waals surface area contributed by atoms with E-state index in [1.165, 1.54) is 4.57 Å². The van der Waals surface area contributed by atoms with Crippen molar-refractivity contribution in [2.24, 2.45) is 0 Å². The van der Waals surface area contributed by atoms with Crippen LogP contribution in [0.1, 0.15) is 5.56 Å². The minimum absolute atomic E-state index is 0.253. The van der Waals surface area contributed by atoms with Gasteiger partial charge >= 0.3 is 0 Å². The van der Waals surface area contributed by atoms with Crippen molar-refractivity contribution in [2.75, 3.05) is 40.3 Å². The van der Waals surface area contributed by atoms with Gasteiger partial charge in [-0.3, -0.25) is 9.36 Å². The number of nitrogens with one attached hydrogen (secondary N) is 1. The van der Waals surface area contributed by atoms with Gasteiger partial charge < -0.3 is 24.3 Å². The Morgan fingerprint density at radius 3 is 2.17 bits per heavy atom. The molecular weight excluding hydrogens is 386 g/mol. The average molecular weight is 411 g/mol. The summed E-state index contributed by atoms with van der Waals surface area (Å²) in [6, 6.07) is 11.0. The Labute approximate surface area is 175 Å². The van der Waals surface area contributed by atoms with Crippen molar-refractivity contribution >= 4 is 5.82 Å². The van der Waals surface area contributed by atoms with Crippen molar-refractivity contribution in [2.45, 2.75) is 6.42 Å². The molecule has 158 valence electrons. The number of benzene rings is 2. The third kappa shape index (κ3) is 4.48. The summed E-state index contributed by atoms with van der Waals surface area (Å²) in [5, 5.41) is 3.12. The molecule has 0 saturated carbocycles. The largest absolute Gasteiger partial charge is 0.493 e. The minimum atomic E-state index is -0.253. The average Bonchev–Trinajstić information content (AvgIpc) is 2.79. The molecule has 0 radical (unpaired) electrons. The van der Waals surface area contributed by atoms with Crippen LogP contribution in [0.25, 0.3) is 5.69 Å². The Balaban J connectivity index is 1.75. The van der Waals surface area contributed by atoms with Gasteiger partial charge in [-0.15, -0.1) is 0 Å². The topological polar surface area (TPSA) is 83.8 Å². The quantitative estimate of drug-likeness (QED) is 0.580. The second kappa shape index (κ2) is 9.69. The van der Waals surface area contributed by atoms with E-state index in [0.29, 0.717) is 41.7 Å². The fourth-order valence-electron chi connectivity index (χ4n) is 3.07. The first-order valence-corrected chi connectivity index (χ1v) is 9.36. The van der Waals surface area contributed by atoms with E-state index in [1.54, 1.807) is 59.0 Å². The minimum Gasteiger partial charge on any atom is -0.493 e. The highest BCUT2D eigenvalue weighted by atomic mass is 16.5. The molecule has 0 aliphatic heterocycles. The highest BCUT2D eigenvalue weighted by molar-refractivity contribution is 5.50. The summed E-state index contributed by atoms with van der Waals surface area (Å²) < 4.78 is 22.7. The van der Waals surface area contributed by atoms with Crippen LogP contribution in [0.2, 0.25) is 0 Å². The molecule has 1 N–H and O–H groups in total. The second-order valence-electron chi connectivity index (χ2n) is 6.36. The van der Waals surface area contributed by atoms with Gasteiger partial charge in [-0.05, 0) is 36.2 Å². The molecule has 0 bridgehead atoms. The number of rotatable bonds is 9. The molecule has 1 heterocycles. The third-order valence-corrected chi connectivity index (χ3v) is 4.64. The summed E-state index contributed by atoms with van der Waals surface area (Å²) in [5.74, 6) is 2.76. The lowest BCUT2D eigenvalue weighted by Crippen LogP contribution is -2.24. The first-order chi connectivity index (χ1) is 14.6. The van der Waals surface area contributed by atoms with Crippen LogP contribution in [-0.4, -0.2) is 44.5 Å². The maximum atomic E-state index is 12.9. The molecule has 0 atom stereocenters. The van der Waals surface area contributed by atoms with Crippen LogP contribution in [0.4, 0.5) is 5.82 Å². The summed E-state index contributed by atoms with van der Waals surface area (Å²) in [7, 11) is 6.32. The molecular formula is C22H25N3O5. The summed E-state index contributed by atoms with van der Waals surface area (Å²) in [4.78, 5) is 17.1. The predicted octanol–water partition coefficient (Wildman–Crippen LogP) is 2.92. The van der Waals surface area contributed by atoms with Gasteiger partial charge in [0, 0.05) is 25.0 Å². The van der Waals surface area contributed by atoms with Crippen LogP contribution < -0.4 is 29.8 Å².